The standard InChI is InChI=1S/C25H41N3O6S/c1-16-10-9-11-17(20(16)30)19(21(31)27-24(2,3)4)28(13-14-29)22(32)18(12-15-35-8)26-23(33)34-25(5,6)7/h9-11,18-19,29-30H,12-15H2,1-8H3,(H,26,33)(H,27,31). The number of carbonyl (C=O) groups excluding carboxylic acids is 3. The number of amides is 3. The highest BCUT2D eigenvalue weighted by atomic mass is 32.2. The molecule has 1 aromatic rings. The van der Waals surface area contributed by atoms with E-state index in [0.29, 0.717) is 11.3 Å². The summed E-state index contributed by atoms with van der Waals surface area (Å²) in [5.74, 6) is -0.624. The maximum Gasteiger partial charge on any atom is 0.408 e. The summed E-state index contributed by atoms with van der Waals surface area (Å²) in [6, 6.07) is 2.73. The molecule has 2 atom stereocenters. The summed E-state index contributed by atoms with van der Waals surface area (Å²) in [6.07, 6.45) is 1.41. The molecule has 0 saturated carbocycles. The van der Waals surface area contributed by atoms with Crippen LogP contribution < -0.4 is 10.6 Å². The number of thioether (sulfide) groups is 1. The number of ether oxygens (including phenoxy) is 1. The van der Waals surface area contributed by atoms with Gasteiger partial charge < -0.3 is 30.5 Å². The van der Waals surface area contributed by atoms with Crippen LogP contribution in [0.25, 0.3) is 0 Å². The van der Waals surface area contributed by atoms with Gasteiger partial charge in [0.05, 0.1) is 6.61 Å². The van der Waals surface area contributed by atoms with Gasteiger partial charge in [-0.2, -0.15) is 11.8 Å². The van der Waals surface area contributed by atoms with Crippen molar-refractivity contribution < 1.29 is 29.3 Å². The zero-order valence-electron chi connectivity index (χ0n) is 22.1. The lowest BCUT2D eigenvalue weighted by Gasteiger charge is -2.36. The molecular weight excluding hydrogens is 470 g/mol. The fourth-order valence-electron chi connectivity index (χ4n) is 3.41. The van der Waals surface area contributed by atoms with Crippen LogP contribution >= 0.6 is 11.8 Å². The van der Waals surface area contributed by atoms with Crippen LogP contribution in [0.4, 0.5) is 4.79 Å². The average molecular weight is 512 g/mol. The van der Waals surface area contributed by atoms with Crippen molar-refractivity contribution in [3.8, 4) is 5.75 Å². The van der Waals surface area contributed by atoms with Crippen molar-refractivity contribution in [2.75, 3.05) is 25.2 Å². The van der Waals surface area contributed by atoms with Crippen LogP contribution in [0.3, 0.4) is 0 Å². The fourth-order valence-corrected chi connectivity index (χ4v) is 3.88. The van der Waals surface area contributed by atoms with Gasteiger partial charge in [0.1, 0.15) is 23.4 Å². The zero-order valence-corrected chi connectivity index (χ0v) is 22.9. The molecule has 0 heterocycles. The number of phenolic OH excluding ortho intramolecular Hbond substituents is 1. The summed E-state index contributed by atoms with van der Waals surface area (Å²) in [7, 11) is 0. The topological polar surface area (TPSA) is 128 Å². The molecule has 0 aromatic heterocycles. The number of aliphatic hydroxyl groups excluding tert-OH is 1. The summed E-state index contributed by atoms with van der Waals surface area (Å²) in [4.78, 5) is 41.0. The summed E-state index contributed by atoms with van der Waals surface area (Å²) in [5.41, 5.74) is -0.604. The molecule has 3 amide bonds. The third kappa shape index (κ3) is 9.97. The van der Waals surface area contributed by atoms with Crippen molar-refractivity contribution in [2.45, 2.75) is 78.1 Å². The first kappa shape index (κ1) is 30.6. The van der Waals surface area contributed by atoms with Crippen molar-refractivity contribution in [3.05, 3.63) is 29.3 Å². The highest BCUT2D eigenvalue weighted by Crippen LogP contribution is 2.32. The molecule has 1 rings (SSSR count). The second kappa shape index (κ2) is 13.0. The number of para-hydroxylation sites is 1. The molecular formula is C25H41N3O6S. The summed E-state index contributed by atoms with van der Waals surface area (Å²) < 4.78 is 5.34. The second-order valence-corrected chi connectivity index (χ2v) is 11.4. The Morgan fingerprint density at radius 2 is 1.77 bits per heavy atom. The minimum atomic E-state index is -1.23. The lowest BCUT2D eigenvalue weighted by Crippen LogP contribution is -2.55. The van der Waals surface area contributed by atoms with Crippen LogP contribution in [-0.4, -0.2) is 75.4 Å². The van der Waals surface area contributed by atoms with E-state index in [0.717, 1.165) is 0 Å². The van der Waals surface area contributed by atoms with E-state index in [1.807, 2.05) is 27.0 Å². The quantitative estimate of drug-likeness (QED) is 0.380. The average Bonchev–Trinajstić information content (AvgIpc) is 2.70. The van der Waals surface area contributed by atoms with E-state index < -0.39 is 47.7 Å². The Labute approximate surface area is 213 Å². The third-order valence-electron chi connectivity index (χ3n) is 4.85. The maximum absolute atomic E-state index is 13.8. The first-order valence-corrected chi connectivity index (χ1v) is 13.0. The number of hydrogen-bond acceptors (Lipinski definition) is 7. The monoisotopic (exact) mass is 511 g/mol. The van der Waals surface area contributed by atoms with Crippen LogP contribution in [0.2, 0.25) is 0 Å². The van der Waals surface area contributed by atoms with Gasteiger partial charge in [0, 0.05) is 17.6 Å². The molecule has 0 aliphatic rings. The normalized spacial score (nSPS) is 13.5. The molecule has 0 spiro atoms. The van der Waals surface area contributed by atoms with E-state index in [1.54, 1.807) is 45.9 Å². The van der Waals surface area contributed by atoms with E-state index in [9.17, 15) is 24.6 Å². The number of rotatable bonds is 10. The van der Waals surface area contributed by atoms with E-state index in [2.05, 4.69) is 10.6 Å². The second-order valence-electron chi connectivity index (χ2n) is 10.4. The first-order chi connectivity index (χ1) is 16.1. The predicted molar refractivity (Wildman–Crippen MR) is 138 cm³/mol. The molecule has 198 valence electrons. The van der Waals surface area contributed by atoms with E-state index in [1.165, 1.54) is 16.7 Å². The number of aryl methyl sites for hydroxylation is 1. The number of aromatic hydroxyl groups is 1. The zero-order chi connectivity index (χ0) is 27.0. The highest BCUT2D eigenvalue weighted by Gasteiger charge is 2.38. The Hall–Kier alpha value is -2.46. The number of nitrogens with zero attached hydrogens (tertiary/aromatic N) is 1. The Balaban J connectivity index is 3.51. The molecule has 0 bridgehead atoms. The molecule has 1 aromatic carbocycles. The van der Waals surface area contributed by atoms with Crippen molar-refractivity contribution in [1.29, 1.82) is 0 Å². The van der Waals surface area contributed by atoms with Crippen molar-refractivity contribution >= 4 is 29.7 Å². The number of alkyl carbamates (subject to hydrolysis) is 1. The largest absolute Gasteiger partial charge is 0.507 e. The van der Waals surface area contributed by atoms with Gasteiger partial charge in [-0.3, -0.25) is 9.59 Å². The Morgan fingerprint density at radius 1 is 1.14 bits per heavy atom. The van der Waals surface area contributed by atoms with Crippen LogP contribution in [0.15, 0.2) is 18.2 Å². The molecule has 4 N–H and O–H groups in total. The van der Waals surface area contributed by atoms with Crippen LogP contribution in [0.1, 0.15) is 65.1 Å². The van der Waals surface area contributed by atoms with Crippen molar-refractivity contribution in [2.24, 2.45) is 0 Å². The van der Waals surface area contributed by atoms with E-state index >= 15 is 0 Å². The SMILES string of the molecule is CSCCC(NC(=O)OC(C)(C)C)C(=O)N(CCO)C(C(=O)NC(C)(C)C)c1cccc(C)c1O. The van der Waals surface area contributed by atoms with E-state index in [4.69, 9.17) is 4.74 Å². The molecule has 35 heavy (non-hydrogen) atoms. The molecule has 9 nitrogen and oxygen atoms in total. The molecule has 0 radical (unpaired) electrons. The lowest BCUT2D eigenvalue weighted by atomic mass is 9.97. The Morgan fingerprint density at radius 3 is 2.29 bits per heavy atom. The van der Waals surface area contributed by atoms with E-state index in [-0.39, 0.29) is 24.3 Å². The maximum atomic E-state index is 13.8. The number of nitrogens with one attached hydrogen (secondary N) is 2. The molecule has 2 unspecified atom stereocenters. The smallest absolute Gasteiger partial charge is 0.408 e. The first-order valence-electron chi connectivity index (χ1n) is 11.6. The van der Waals surface area contributed by atoms with Gasteiger partial charge >= 0.3 is 6.09 Å². The van der Waals surface area contributed by atoms with Crippen molar-refractivity contribution in [1.82, 2.24) is 15.5 Å². The summed E-state index contributed by atoms with van der Waals surface area (Å²) in [5, 5.41) is 26.1. The summed E-state index contributed by atoms with van der Waals surface area (Å²) >= 11 is 1.50. The van der Waals surface area contributed by atoms with Gasteiger partial charge in [0.2, 0.25) is 11.8 Å². The fraction of sp³-hybridized carbons (Fsp3) is 0.640. The molecule has 10 heteroatoms. The molecule has 0 saturated heterocycles. The predicted octanol–water partition coefficient (Wildman–Crippen LogP) is 3.12. The molecule has 0 aliphatic carbocycles. The van der Waals surface area contributed by atoms with Gasteiger partial charge in [-0.15, -0.1) is 0 Å². The minimum absolute atomic E-state index is 0.113. The number of phenols is 1. The van der Waals surface area contributed by atoms with Gasteiger partial charge in [-0.05, 0) is 72.5 Å². The minimum Gasteiger partial charge on any atom is -0.507 e. The number of benzene rings is 1. The van der Waals surface area contributed by atoms with Crippen LogP contribution in [-0.2, 0) is 14.3 Å². The lowest BCUT2D eigenvalue weighted by molar-refractivity contribution is -0.143. The number of carbonyl (C=O) groups is 3. The highest BCUT2D eigenvalue weighted by molar-refractivity contribution is 7.98. The van der Waals surface area contributed by atoms with Crippen molar-refractivity contribution in [3.63, 3.8) is 0 Å². The Bertz CT molecular complexity index is 879. The van der Waals surface area contributed by atoms with Crippen LogP contribution in [0, 0.1) is 6.92 Å². The van der Waals surface area contributed by atoms with Crippen LogP contribution in [0.5, 0.6) is 5.75 Å². The third-order valence-corrected chi connectivity index (χ3v) is 5.49. The summed E-state index contributed by atoms with van der Waals surface area (Å²) in [6.45, 7) is 11.7. The molecule has 0 aliphatic heterocycles. The number of hydrogen-bond donors (Lipinski definition) is 4. The van der Waals surface area contributed by atoms with Gasteiger partial charge in [0.15, 0.2) is 0 Å². The van der Waals surface area contributed by atoms with Gasteiger partial charge in [0.25, 0.3) is 0 Å². The number of aliphatic hydroxyl groups is 1. The molecule has 0 fully saturated rings. The Kier molecular flexibility index (Phi) is 11.4. The van der Waals surface area contributed by atoms with Gasteiger partial charge in [-0.25, -0.2) is 4.79 Å². The van der Waals surface area contributed by atoms with Gasteiger partial charge in [-0.1, -0.05) is 18.2 Å².